The van der Waals surface area contributed by atoms with E-state index in [0.717, 1.165) is 37.4 Å². The zero-order valence-corrected chi connectivity index (χ0v) is 10.2. The lowest BCUT2D eigenvalue weighted by atomic mass is 10.1. The van der Waals surface area contributed by atoms with Crippen LogP contribution >= 0.6 is 11.8 Å². The molecule has 0 bridgehead atoms. The zero-order chi connectivity index (χ0) is 12.3. The minimum Gasteiger partial charge on any atom is -0.478 e. The maximum absolute atomic E-state index is 12.0. The minimum atomic E-state index is -0.979. The van der Waals surface area contributed by atoms with Gasteiger partial charge in [0.2, 0.25) is 0 Å². The third kappa shape index (κ3) is 2.88. The number of carboxylic acids is 1. The number of hydrogen-bond donors (Lipinski definition) is 1. The lowest BCUT2D eigenvalue weighted by Gasteiger charge is -2.08. The van der Waals surface area contributed by atoms with Gasteiger partial charge in [-0.3, -0.25) is 4.79 Å². The van der Waals surface area contributed by atoms with Crippen molar-refractivity contribution in [2.75, 3.05) is 0 Å². The standard InChI is InChI=1S/C13H14O3S/c14-12(15)10-7-3-4-8-11(10)17-13(16)9-5-1-2-6-9/h3-4,7-9H,1-2,5-6H2,(H,14,15). The first-order valence-corrected chi connectivity index (χ1v) is 6.54. The van der Waals surface area contributed by atoms with E-state index in [1.165, 1.54) is 6.07 Å². The van der Waals surface area contributed by atoms with Crippen molar-refractivity contribution in [3.05, 3.63) is 29.8 Å². The molecule has 0 spiro atoms. The van der Waals surface area contributed by atoms with Crippen molar-refractivity contribution in [2.45, 2.75) is 30.6 Å². The molecular formula is C13H14O3S. The fourth-order valence-corrected chi connectivity index (χ4v) is 3.12. The molecule has 0 saturated heterocycles. The third-order valence-corrected chi connectivity index (χ3v) is 4.13. The first-order chi connectivity index (χ1) is 8.18. The van der Waals surface area contributed by atoms with Gasteiger partial charge in [0, 0.05) is 10.8 Å². The Morgan fingerprint density at radius 1 is 1.18 bits per heavy atom. The Morgan fingerprint density at radius 3 is 2.47 bits per heavy atom. The Hall–Kier alpha value is -1.29. The molecule has 0 aromatic heterocycles. The van der Waals surface area contributed by atoms with Crippen LogP contribution in [0.3, 0.4) is 0 Å². The maximum atomic E-state index is 12.0. The van der Waals surface area contributed by atoms with Gasteiger partial charge in [-0.2, -0.15) is 0 Å². The van der Waals surface area contributed by atoms with Gasteiger partial charge in [-0.25, -0.2) is 4.79 Å². The van der Waals surface area contributed by atoms with Crippen LogP contribution in [0, 0.1) is 5.92 Å². The normalized spacial score (nSPS) is 16.0. The van der Waals surface area contributed by atoms with E-state index in [2.05, 4.69) is 0 Å². The molecule has 0 atom stereocenters. The predicted molar refractivity (Wildman–Crippen MR) is 66.2 cm³/mol. The monoisotopic (exact) mass is 250 g/mol. The minimum absolute atomic E-state index is 0.108. The van der Waals surface area contributed by atoms with Crippen LogP contribution in [-0.4, -0.2) is 16.2 Å². The van der Waals surface area contributed by atoms with Crippen molar-refractivity contribution in [1.82, 2.24) is 0 Å². The first kappa shape index (κ1) is 12.2. The summed E-state index contributed by atoms with van der Waals surface area (Å²) in [6.07, 6.45) is 4.11. The number of rotatable bonds is 3. The molecule has 1 N–H and O–H groups in total. The molecule has 17 heavy (non-hydrogen) atoms. The highest BCUT2D eigenvalue weighted by Crippen LogP contribution is 2.33. The Balaban J connectivity index is 2.12. The quantitative estimate of drug-likeness (QED) is 0.837. The van der Waals surface area contributed by atoms with Gasteiger partial charge >= 0.3 is 5.97 Å². The Labute approximate surface area is 104 Å². The smallest absolute Gasteiger partial charge is 0.336 e. The van der Waals surface area contributed by atoms with Gasteiger partial charge in [0.25, 0.3) is 0 Å². The second-order valence-corrected chi connectivity index (χ2v) is 5.25. The molecule has 0 aliphatic heterocycles. The maximum Gasteiger partial charge on any atom is 0.336 e. The van der Waals surface area contributed by atoms with Gasteiger partial charge in [-0.15, -0.1) is 0 Å². The fourth-order valence-electron chi connectivity index (χ4n) is 2.09. The van der Waals surface area contributed by atoms with E-state index in [1.807, 2.05) is 0 Å². The molecule has 1 fully saturated rings. The molecule has 0 radical (unpaired) electrons. The molecule has 1 aliphatic rings. The van der Waals surface area contributed by atoms with Crippen LogP contribution in [0.15, 0.2) is 29.2 Å². The summed E-state index contributed by atoms with van der Waals surface area (Å²) in [5, 5.41) is 9.13. The summed E-state index contributed by atoms with van der Waals surface area (Å²) in [5.41, 5.74) is 0.212. The van der Waals surface area contributed by atoms with Gasteiger partial charge in [0.1, 0.15) is 0 Å². The Bertz CT molecular complexity index is 436. The summed E-state index contributed by atoms with van der Waals surface area (Å²) < 4.78 is 0. The lowest BCUT2D eigenvalue weighted by molar-refractivity contribution is -0.114. The third-order valence-electron chi connectivity index (χ3n) is 3.02. The number of aromatic carboxylic acids is 1. The van der Waals surface area contributed by atoms with Crippen molar-refractivity contribution in [1.29, 1.82) is 0 Å². The summed E-state index contributed by atoms with van der Waals surface area (Å²) in [7, 11) is 0. The van der Waals surface area contributed by atoms with E-state index >= 15 is 0 Å². The van der Waals surface area contributed by atoms with Crippen LogP contribution in [0.2, 0.25) is 0 Å². The molecule has 0 heterocycles. The summed E-state index contributed by atoms with van der Waals surface area (Å²) in [6.45, 7) is 0. The SMILES string of the molecule is O=C(O)c1ccccc1SC(=O)C1CCCC1. The number of carboxylic acid groups (broad SMARTS) is 1. The van der Waals surface area contributed by atoms with Crippen LogP contribution in [0.5, 0.6) is 0 Å². The first-order valence-electron chi connectivity index (χ1n) is 5.72. The van der Waals surface area contributed by atoms with Crippen molar-refractivity contribution < 1.29 is 14.7 Å². The van der Waals surface area contributed by atoms with Gasteiger partial charge < -0.3 is 5.11 Å². The van der Waals surface area contributed by atoms with Crippen molar-refractivity contribution in [3.8, 4) is 0 Å². The second-order valence-electron chi connectivity index (χ2n) is 4.20. The highest BCUT2D eigenvalue weighted by atomic mass is 32.2. The van der Waals surface area contributed by atoms with E-state index in [-0.39, 0.29) is 16.6 Å². The van der Waals surface area contributed by atoms with Crippen molar-refractivity contribution in [2.24, 2.45) is 5.92 Å². The molecule has 1 aliphatic carbocycles. The Morgan fingerprint density at radius 2 is 1.82 bits per heavy atom. The largest absolute Gasteiger partial charge is 0.478 e. The average Bonchev–Trinajstić information content (AvgIpc) is 2.83. The lowest BCUT2D eigenvalue weighted by Crippen LogP contribution is -2.07. The van der Waals surface area contributed by atoms with Gasteiger partial charge in [0.05, 0.1) is 5.56 Å². The molecule has 1 aromatic carbocycles. The molecule has 1 aromatic rings. The van der Waals surface area contributed by atoms with E-state index in [0.29, 0.717) is 4.90 Å². The van der Waals surface area contributed by atoms with E-state index in [1.54, 1.807) is 18.2 Å². The second kappa shape index (κ2) is 5.36. The highest BCUT2D eigenvalue weighted by molar-refractivity contribution is 8.13. The van der Waals surface area contributed by atoms with Crippen LogP contribution < -0.4 is 0 Å². The number of benzene rings is 1. The van der Waals surface area contributed by atoms with Crippen molar-refractivity contribution in [3.63, 3.8) is 0 Å². The predicted octanol–water partition coefficient (Wildman–Crippen LogP) is 3.19. The number of hydrogen-bond acceptors (Lipinski definition) is 3. The van der Waals surface area contributed by atoms with Crippen molar-refractivity contribution >= 4 is 22.8 Å². The van der Waals surface area contributed by atoms with E-state index < -0.39 is 5.97 Å². The van der Waals surface area contributed by atoms with Crippen LogP contribution in [0.25, 0.3) is 0 Å². The Kier molecular flexibility index (Phi) is 3.84. The van der Waals surface area contributed by atoms with Crippen LogP contribution in [-0.2, 0) is 4.79 Å². The molecule has 0 amide bonds. The molecule has 1 saturated carbocycles. The van der Waals surface area contributed by atoms with Gasteiger partial charge in [-0.05, 0) is 25.0 Å². The van der Waals surface area contributed by atoms with Gasteiger partial charge in [0.15, 0.2) is 5.12 Å². The summed E-state index contributed by atoms with van der Waals surface area (Å²) in [4.78, 5) is 23.5. The van der Waals surface area contributed by atoms with E-state index in [9.17, 15) is 9.59 Å². The average molecular weight is 250 g/mol. The highest BCUT2D eigenvalue weighted by Gasteiger charge is 2.24. The van der Waals surface area contributed by atoms with Gasteiger partial charge in [-0.1, -0.05) is 36.7 Å². The number of carbonyl (C=O) groups is 2. The number of carbonyl (C=O) groups excluding carboxylic acids is 1. The molecule has 2 rings (SSSR count). The van der Waals surface area contributed by atoms with Crippen LogP contribution in [0.1, 0.15) is 36.0 Å². The number of thioether (sulfide) groups is 1. The summed E-state index contributed by atoms with van der Waals surface area (Å²) in [5.74, 6) is -0.867. The molecule has 90 valence electrons. The molecule has 0 unspecified atom stereocenters. The molecular weight excluding hydrogens is 236 g/mol. The van der Waals surface area contributed by atoms with Crippen LogP contribution in [0.4, 0.5) is 0 Å². The molecule has 4 heteroatoms. The zero-order valence-electron chi connectivity index (χ0n) is 9.39. The fraction of sp³-hybridized carbons (Fsp3) is 0.385. The topological polar surface area (TPSA) is 54.4 Å². The molecule has 3 nitrogen and oxygen atoms in total. The summed E-state index contributed by atoms with van der Waals surface area (Å²) >= 11 is 1.08. The summed E-state index contributed by atoms with van der Waals surface area (Å²) in [6, 6.07) is 6.66. The van der Waals surface area contributed by atoms with E-state index in [4.69, 9.17) is 5.11 Å².